The third-order valence-electron chi connectivity index (χ3n) is 8.84. The third-order valence-corrected chi connectivity index (χ3v) is 8.84. The molecule has 4 aliphatic rings. The number of esters is 1. The number of Topliss-reactive ketones (excluding diaryl/α,β-unsaturated/α-hetero) is 1. The van der Waals surface area contributed by atoms with Gasteiger partial charge < -0.3 is 14.9 Å². The van der Waals surface area contributed by atoms with Crippen molar-refractivity contribution in [3.8, 4) is 0 Å². The predicted molar refractivity (Wildman–Crippen MR) is 95.0 cm³/mol. The average molecular weight is 364 g/mol. The van der Waals surface area contributed by atoms with E-state index in [0.29, 0.717) is 30.6 Å². The zero-order chi connectivity index (χ0) is 18.9. The van der Waals surface area contributed by atoms with E-state index in [1.165, 1.54) is 0 Å². The zero-order valence-corrected chi connectivity index (χ0v) is 16.1. The van der Waals surface area contributed by atoms with E-state index in [4.69, 9.17) is 4.74 Å². The molecule has 5 nitrogen and oxygen atoms in total. The van der Waals surface area contributed by atoms with E-state index in [1.807, 2.05) is 0 Å². The van der Waals surface area contributed by atoms with Crippen molar-refractivity contribution in [2.75, 3.05) is 6.61 Å². The molecule has 0 amide bonds. The summed E-state index contributed by atoms with van der Waals surface area (Å²) in [6.07, 6.45) is 3.04. The standard InChI is InChI=1S/C21H32O5/c1-11(22)13-4-5-14-12-10-26-19(25)16-8-17(23)18(24)9-21(16,3)15(12)6-7-20(13,14)2/h12-18,23-24H,4-10H2,1-3H3/t12-,13+,14-,15-,16+,17+,18+,20+,21+/m0/s1. The Morgan fingerprint density at radius 1 is 1.08 bits per heavy atom. The number of hydrogen-bond donors (Lipinski definition) is 2. The molecule has 4 rings (SSSR count). The van der Waals surface area contributed by atoms with E-state index in [2.05, 4.69) is 13.8 Å². The second-order valence-electron chi connectivity index (χ2n) is 9.92. The quantitative estimate of drug-likeness (QED) is 0.698. The Labute approximate surface area is 155 Å². The van der Waals surface area contributed by atoms with Gasteiger partial charge in [-0.3, -0.25) is 9.59 Å². The first-order valence-electron chi connectivity index (χ1n) is 10.2. The highest BCUT2D eigenvalue weighted by molar-refractivity contribution is 5.79. The lowest BCUT2D eigenvalue weighted by atomic mass is 9.49. The molecule has 1 saturated heterocycles. The van der Waals surface area contributed by atoms with Crippen LogP contribution in [-0.2, 0) is 14.3 Å². The lowest BCUT2D eigenvalue weighted by Gasteiger charge is -2.55. The molecule has 3 saturated carbocycles. The number of fused-ring (bicyclic) bond motifs is 5. The molecule has 2 N–H and O–H groups in total. The molecule has 1 aliphatic heterocycles. The number of cyclic esters (lactones) is 1. The number of aliphatic hydroxyl groups is 2. The summed E-state index contributed by atoms with van der Waals surface area (Å²) in [4.78, 5) is 24.9. The van der Waals surface area contributed by atoms with Gasteiger partial charge in [0.2, 0.25) is 0 Å². The number of hydrogen-bond acceptors (Lipinski definition) is 5. The van der Waals surface area contributed by atoms with Crippen LogP contribution < -0.4 is 0 Å². The summed E-state index contributed by atoms with van der Waals surface area (Å²) >= 11 is 0. The van der Waals surface area contributed by atoms with Crippen LogP contribution in [0.15, 0.2) is 0 Å². The van der Waals surface area contributed by atoms with Crippen LogP contribution in [0, 0.1) is 40.4 Å². The summed E-state index contributed by atoms with van der Waals surface area (Å²) in [5.74, 6) is 0.793. The third kappa shape index (κ3) is 2.42. The van der Waals surface area contributed by atoms with Gasteiger partial charge in [-0.2, -0.15) is 0 Å². The molecular weight excluding hydrogens is 332 g/mol. The Morgan fingerprint density at radius 3 is 2.46 bits per heavy atom. The Hall–Kier alpha value is -0.940. The lowest BCUT2D eigenvalue weighted by molar-refractivity contribution is -0.162. The minimum absolute atomic E-state index is 0.00238. The van der Waals surface area contributed by atoms with Gasteiger partial charge in [0.15, 0.2) is 0 Å². The van der Waals surface area contributed by atoms with E-state index in [1.54, 1.807) is 6.92 Å². The Kier molecular flexibility index (Phi) is 4.27. The fraction of sp³-hybridized carbons (Fsp3) is 0.905. The van der Waals surface area contributed by atoms with E-state index < -0.39 is 12.2 Å². The van der Waals surface area contributed by atoms with Gasteiger partial charge in [-0.1, -0.05) is 13.8 Å². The van der Waals surface area contributed by atoms with Gasteiger partial charge in [0.05, 0.1) is 24.7 Å². The normalized spacial score (nSPS) is 53.7. The molecule has 146 valence electrons. The minimum Gasteiger partial charge on any atom is -0.465 e. The van der Waals surface area contributed by atoms with Crippen molar-refractivity contribution in [2.24, 2.45) is 40.4 Å². The first-order chi connectivity index (χ1) is 12.2. The highest BCUT2D eigenvalue weighted by Gasteiger charge is 2.62. The predicted octanol–water partition coefficient (Wildman–Crippen LogP) is 2.33. The SMILES string of the molecule is CC(=O)[C@H]1CC[C@H]2[C@@H]3COC(=O)[C@H]4C[C@@H](O)[C@H](O)C[C@]4(C)[C@H]3CC[C@]12C. The monoisotopic (exact) mass is 364 g/mol. The molecule has 0 unspecified atom stereocenters. The van der Waals surface area contributed by atoms with Crippen LogP contribution in [0.5, 0.6) is 0 Å². The number of ketones is 1. The molecule has 0 bridgehead atoms. The Balaban J connectivity index is 1.70. The highest BCUT2D eigenvalue weighted by Crippen LogP contribution is 2.64. The van der Waals surface area contributed by atoms with Gasteiger partial charge >= 0.3 is 5.97 Å². The van der Waals surface area contributed by atoms with Gasteiger partial charge in [0, 0.05) is 5.92 Å². The molecule has 0 radical (unpaired) electrons. The maximum atomic E-state index is 12.7. The zero-order valence-electron chi connectivity index (χ0n) is 16.1. The fourth-order valence-corrected chi connectivity index (χ4v) is 7.46. The number of carbonyl (C=O) groups excluding carboxylic acids is 2. The summed E-state index contributed by atoms with van der Waals surface area (Å²) in [7, 11) is 0. The average Bonchev–Trinajstić information content (AvgIpc) is 2.88. The summed E-state index contributed by atoms with van der Waals surface area (Å²) < 4.78 is 5.72. The molecule has 0 aromatic heterocycles. The molecule has 9 atom stereocenters. The molecule has 26 heavy (non-hydrogen) atoms. The molecule has 4 fully saturated rings. The van der Waals surface area contributed by atoms with Crippen molar-refractivity contribution >= 4 is 11.8 Å². The second kappa shape index (κ2) is 6.03. The van der Waals surface area contributed by atoms with Crippen molar-refractivity contribution in [3.05, 3.63) is 0 Å². The summed E-state index contributed by atoms with van der Waals surface area (Å²) in [5.41, 5.74) is -0.338. The first kappa shape index (κ1) is 18.4. The molecular formula is C21H32O5. The number of rotatable bonds is 1. The van der Waals surface area contributed by atoms with Crippen molar-refractivity contribution in [1.29, 1.82) is 0 Å². The highest BCUT2D eigenvalue weighted by atomic mass is 16.5. The Bertz CT molecular complexity index is 618. The van der Waals surface area contributed by atoms with Crippen LogP contribution in [0.2, 0.25) is 0 Å². The Morgan fingerprint density at radius 2 is 1.77 bits per heavy atom. The van der Waals surface area contributed by atoms with Crippen LogP contribution in [0.1, 0.15) is 59.3 Å². The lowest BCUT2D eigenvalue weighted by Crippen LogP contribution is -2.54. The summed E-state index contributed by atoms with van der Waals surface area (Å²) in [6, 6.07) is 0. The van der Waals surface area contributed by atoms with Crippen molar-refractivity contribution in [2.45, 2.75) is 71.5 Å². The van der Waals surface area contributed by atoms with Crippen LogP contribution in [-0.4, -0.2) is 40.8 Å². The number of carbonyl (C=O) groups is 2. The maximum absolute atomic E-state index is 12.7. The molecule has 0 aromatic rings. The van der Waals surface area contributed by atoms with E-state index >= 15 is 0 Å². The van der Waals surface area contributed by atoms with Gasteiger partial charge in [-0.05, 0) is 74.0 Å². The summed E-state index contributed by atoms with van der Waals surface area (Å²) in [5, 5.41) is 20.5. The largest absolute Gasteiger partial charge is 0.465 e. The molecule has 0 aromatic carbocycles. The fourth-order valence-electron chi connectivity index (χ4n) is 7.46. The maximum Gasteiger partial charge on any atom is 0.309 e. The smallest absolute Gasteiger partial charge is 0.309 e. The second-order valence-corrected chi connectivity index (χ2v) is 9.92. The van der Waals surface area contributed by atoms with E-state index in [0.717, 1.165) is 25.7 Å². The van der Waals surface area contributed by atoms with Crippen molar-refractivity contribution < 1.29 is 24.5 Å². The topological polar surface area (TPSA) is 83.8 Å². The van der Waals surface area contributed by atoms with Crippen LogP contribution >= 0.6 is 0 Å². The summed E-state index contributed by atoms with van der Waals surface area (Å²) in [6.45, 7) is 6.52. The van der Waals surface area contributed by atoms with Crippen LogP contribution in [0.4, 0.5) is 0 Å². The minimum atomic E-state index is -0.848. The van der Waals surface area contributed by atoms with Crippen LogP contribution in [0.25, 0.3) is 0 Å². The number of ether oxygens (including phenoxy) is 1. The molecule has 3 aliphatic carbocycles. The first-order valence-corrected chi connectivity index (χ1v) is 10.2. The van der Waals surface area contributed by atoms with Gasteiger partial charge in [0.1, 0.15) is 5.78 Å². The van der Waals surface area contributed by atoms with Gasteiger partial charge in [0.25, 0.3) is 0 Å². The van der Waals surface area contributed by atoms with Gasteiger partial charge in [-0.15, -0.1) is 0 Å². The van der Waals surface area contributed by atoms with Crippen molar-refractivity contribution in [1.82, 2.24) is 0 Å². The van der Waals surface area contributed by atoms with E-state index in [9.17, 15) is 19.8 Å². The van der Waals surface area contributed by atoms with E-state index in [-0.39, 0.29) is 41.0 Å². The number of aliphatic hydroxyl groups excluding tert-OH is 2. The van der Waals surface area contributed by atoms with Crippen molar-refractivity contribution in [3.63, 3.8) is 0 Å². The molecule has 1 heterocycles. The van der Waals surface area contributed by atoms with Crippen LogP contribution in [0.3, 0.4) is 0 Å². The molecule has 5 heteroatoms. The van der Waals surface area contributed by atoms with Gasteiger partial charge in [-0.25, -0.2) is 0 Å². The molecule has 0 spiro atoms.